The summed E-state index contributed by atoms with van der Waals surface area (Å²) in [7, 11) is 1.93. The molecular weight excluding hydrogens is 358 g/mol. The van der Waals surface area contributed by atoms with Gasteiger partial charge in [0.25, 0.3) is 0 Å². The predicted molar refractivity (Wildman–Crippen MR) is 99.4 cm³/mol. The Morgan fingerprint density at radius 2 is 1.68 bits per heavy atom. The summed E-state index contributed by atoms with van der Waals surface area (Å²) < 4.78 is 13.3. The molecule has 0 saturated heterocycles. The van der Waals surface area contributed by atoms with Gasteiger partial charge in [-0.2, -0.15) is 0 Å². The third kappa shape index (κ3) is 5.14. The van der Waals surface area contributed by atoms with Crippen LogP contribution in [0.3, 0.4) is 0 Å². The summed E-state index contributed by atoms with van der Waals surface area (Å²) >= 11 is 7.46. The van der Waals surface area contributed by atoms with Gasteiger partial charge in [-0.1, -0.05) is 41.6 Å². The average Bonchev–Trinajstić information content (AvgIpc) is 2.99. The fourth-order valence-corrected chi connectivity index (χ4v) is 2.96. The predicted octanol–water partition coefficient (Wildman–Crippen LogP) is 4.22. The standard InChI is InChI=1S/C18H18ClN3O2S/c1-22-17(13-24-16-9-7-14(19)8-10-16)20-21-18(22)25-12-11-23-15-5-3-2-4-6-15/h2-10H,11-13H2,1H3. The van der Waals surface area contributed by atoms with E-state index in [1.807, 2.05) is 54.1 Å². The van der Waals surface area contributed by atoms with Crippen molar-refractivity contribution in [2.45, 2.75) is 11.8 Å². The maximum atomic E-state index is 5.86. The second-order valence-electron chi connectivity index (χ2n) is 5.21. The highest BCUT2D eigenvalue weighted by Gasteiger charge is 2.10. The third-order valence-electron chi connectivity index (χ3n) is 3.43. The number of halogens is 1. The van der Waals surface area contributed by atoms with E-state index in [9.17, 15) is 0 Å². The first-order valence-corrected chi connectivity index (χ1v) is 9.16. The maximum Gasteiger partial charge on any atom is 0.191 e. The second-order valence-corrected chi connectivity index (χ2v) is 6.71. The topological polar surface area (TPSA) is 49.2 Å². The molecule has 1 heterocycles. The molecule has 3 rings (SSSR count). The lowest BCUT2D eigenvalue weighted by atomic mass is 10.3. The largest absolute Gasteiger partial charge is 0.493 e. The molecule has 7 heteroatoms. The smallest absolute Gasteiger partial charge is 0.191 e. The summed E-state index contributed by atoms with van der Waals surface area (Å²) in [4.78, 5) is 0. The minimum absolute atomic E-state index is 0.353. The zero-order chi connectivity index (χ0) is 17.5. The van der Waals surface area contributed by atoms with Gasteiger partial charge in [0.15, 0.2) is 11.0 Å². The highest BCUT2D eigenvalue weighted by molar-refractivity contribution is 7.99. The van der Waals surface area contributed by atoms with E-state index in [2.05, 4.69) is 10.2 Å². The van der Waals surface area contributed by atoms with Crippen molar-refractivity contribution >= 4 is 23.4 Å². The van der Waals surface area contributed by atoms with Crippen molar-refractivity contribution in [3.05, 3.63) is 65.4 Å². The number of aromatic nitrogens is 3. The molecule has 130 valence electrons. The van der Waals surface area contributed by atoms with E-state index < -0.39 is 0 Å². The van der Waals surface area contributed by atoms with Crippen LogP contribution in [0.1, 0.15) is 5.82 Å². The van der Waals surface area contributed by atoms with Gasteiger partial charge in [0.05, 0.1) is 6.61 Å². The van der Waals surface area contributed by atoms with Crippen molar-refractivity contribution in [1.82, 2.24) is 14.8 Å². The second kappa shape index (κ2) is 8.78. The van der Waals surface area contributed by atoms with Crippen LogP contribution >= 0.6 is 23.4 Å². The zero-order valence-electron chi connectivity index (χ0n) is 13.8. The Labute approximate surface area is 155 Å². The Morgan fingerprint density at radius 1 is 0.960 bits per heavy atom. The Morgan fingerprint density at radius 3 is 2.44 bits per heavy atom. The molecule has 0 aliphatic carbocycles. The van der Waals surface area contributed by atoms with Crippen LogP contribution in [0.5, 0.6) is 11.5 Å². The van der Waals surface area contributed by atoms with Gasteiger partial charge in [-0.15, -0.1) is 10.2 Å². The van der Waals surface area contributed by atoms with Crippen molar-refractivity contribution in [3.63, 3.8) is 0 Å². The van der Waals surface area contributed by atoms with Crippen molar-refractivity contribution in [3.8, 4) is 11.5 Å². The average molecular weight is 376 g/mol. The quantitative estimate of drug-likeness (QED) is 0.436. The lowest BCUT2D eigenvalue weighted by Crippen LogP contribution is -2.05. The highest BCUT2D eigenvalue weighted by Crippen LogP contribution is 2.19. The first kappa shape index (κ1) is 17.6. The fraction of sp³-hybridized carbons (Fsp3) is 0.222. The third-order valence-corrected chi connectivity index (χ3v) is 4.67. The van der Waals surface area contributed by atoms with E-state index in [0.717, 1.165) is 28.2 Å². The van der Waals surface area contributed by atoms with Gasteiger partial charge < -0.3 is 14.0 Å². The molecule has 0 saturated carbocycles. The van der Waals surface area contributed by atoms with Crippen LogP contribution in [0.25, 0.3) is 0 Å². The van der Waals surface area contributed by atoms with E-state index >= 15 is 0 Å². The number of hydrogen-bond acceptors (Lipinski definition) is 5. The SMILES string of the molecule is Cn1c(COc2ccc(Cl)cc2)nnc1SCCOc1ccccc1. The molecule has 0 aliphatic heterocycles. The molecule has 0 radical (unpaired) electrons. The van der Waals surface area contributed by atoms with E-state index in [4.69, 9.17) is 21.1 Å². The Kier molecular flexibility index (Phi) is 6.19. The van der Waals surface area contributed by atoms with Gasteiger partial charge in [0.2, 0.25) is 0 Å². The molecule has 0 bridgehead atoms. The Hall–Kier alpha value is -2.18. The number of nitrogens with zero attached hydrogens (tertiary/aromatic N) is 3. The molecule has 0 N–H and O–H groups in total. The van der Waals surface area contributed by atoms with E-state index in [-0.39, 0.29) is 0 Å². The first-order chi connectivity index (χ1) is 12.2. The van der Waals surface area contributed by atoms with Crippen molar-refractivity contribution < 1.29 is 9.47 Å². The number of rotatable bonds is 8. The van der Waals surface area contributed by atoms with Crippen LogP contribution in [0.4, 0.5) is 0 Å². The Bertz CT molecular complexity index is 794. The van der Waals surface area contributed by atoms with Gasteiger partial charge in [0, 0.05) is 17.8 Å². The van der Waals surface area contributed by atoms with Gasteiger partial charge in [-0.05, 0) is 36.4 Å². The number of ether oxygens (including phenoxy) is 2. The molecule has 25 heavy (non-hydrogen) atoms. The number of benzene rings is 2. The summed E-state index contributed by atoms with van der Waals surface area (Å²) in [6.07, 6.45) is 0. The molecule has 0 unspecified atom stereocenters. The molecule has 0 atom stereocenters. The van der Waals surface area contributed by atoms with Crippen LogP contribution < -0.4 is 9.47 Å². The first-order valence-electron chi connectivity index (χ1n) is 7.79. The lowest BCUT2D eigenvalue weighted by molar-refractivity contribution is 0.290. The monoisotopic (exact) mass is 375 g/mol. The van der Waals surface area contributed by atoms with Crippen molar-refractivity contribution in [2.24, 2.45) is 7.05 Å². The molecule has 3 aromatic rings. The summed E-state index contributed by atoms with van der Waals surface area (Å²) in [6, 6.07) is 17.0. The zero-order valence-corrected chi connectivity index (χ0v) is 15.3. The van der Waals surface area contributed by atoms with Gasteiger partial charge >= 0.3 is 0 Å². The molecular formula is C18H18ClN3O2S. The highest BCUT2D eigenvalue weighted by atomic mass is 35.5. The van der Waals surface area contributed by atoms with E-state index in [0.29, 0.717) is 18.2 Å². The van der Waals surface area contributed by atoms with Crippen molar-refractivity contribution in [1.29, 1.82) is 0 Å². The molecule has 0 aliphatic rings. The lowest BCUT2D eigenvalue weighted by Gasteiger charge is -2.07. The molecule has 0 amide bonds. The van der Waals surface area contributed by atoms with Crippen LogP contribution in [-0.4, -0.2) is 27.1 Å². The molecule has 0 spiro atoms. The summed E-state index contributed by atoms with van der Waals surface area (Å²) in [6.45, 7) is 0.963. The normalized spacial score (nSPS) is 10.6. The van der Waals surface area contributed by atoms with Crippen LogP contribution in [-0.2, 0) is 13.7 Å². The van der Waals surface area contributed by atoms with Gasteiger partial charge in [0.1, 0.15) is 18.1 Å². The van der Waals surface area contributed by atoms with Crippen molar-refractivity contribution in [2.75, 3.05) is 12.4 Å². The minimum atomic E-state index is 0.353. The van der Waals surface area contributed by atoms with E-state index in [1.54, 1.807) is 23.9 Å². The molecule has 2 aromatic carbocycles. The molecule has 1 aromatic heterocycles. The van der Waals surface area contributed by atoms with E-state index in [1.165, 1.54) is 0 Å². The maximum absolute atomic E-state index is 5.86. The fourth-order valence-electron chi connectivity index (χ4n) is 2.08. The number of hydrogen-bond donors (Lipinski definition) is 0. The minimum Gasteiger partial charge on any atom is -0.493 e. The number of thioether (sulfide) groups is 1. The van der Waals surface area contributed by atoms with Crippen LogP contribution in [0.2, 0.25) is 5.02 Å². The Balaban J connectivity index is 1.46. The number of para-hydroxylation sites is 1. The van der Waals surface area contributed by atoms with Crippen LogP contribution in [0.15, 0.2) is 59.8 Å². The summed E-state index contributed by atoms with van der Waals surface area (Å²) in [5.41, 5.74) is 0. The molecule has 5 nitrogen and oxygen atoms in total. The van der Waals surface area contributed by atoms with Crippen LogP contribution in [0, 0.1) is 0 Å². The summed E-state index contributed by atoms with van der Waals surface area (Å²) in [5, 5.41) is 9.91. The van der Waals surface area contributed by atoms with Gasteiger partial charge in [-0.25, -0.2) is 0 Å². The summed E-state index contributed by atoms with van der Waals surface area (Å²) in [5.74, 6) is 3.18. The molecule has 0 fully saturated rings. The van der Waals surface area contributed by atoms with Gasteiger partial charge in [-0.3, -0.25) is 0 Å².